The summed E-state index contributed by atoms with van der Waals surface area (Å²) in [6.45, 7) is 0.698. The Morgan fingerprint density at radius 3 is 2.23 bits per heavy atom. The number of carbonyl (C=O) groups excluding carboxylic acids is 1. The normalized spacial score (nSPS) is 31.4. The second-order valence-corrected chi connectivity index (χ2v) is 4.40. The van der Waals surface area contributed by atoms with Crippen molar-refractivity contribution in [2.24, 2.45) is 11.8 Å². The van der Waals surface area contributed by atoms with Gasteiger partial charge in [0.15, 0.2) is 0 Å². The average Bonchev–Trinajstić information content (AvgIpc) is 2.43. The van der Waals surface area contributed by atoms with Gasteiger partial charge in [0.1, 0.15) is 0 Å². The van der Waals surface area contributed by atoms with Gasteiger partial charge in [-0.25, -0.2) is 0 Å². The third-order valence-electron chi connectivity index (χ3n) is 3.45. The predicted octanol–water partition coefficient (Wildman–Crippen LogP) is 2.52. The van der Waals surface area contributed by atoms with Crippen LogP contribution in [0.25, 0.3) is 0 Å². The summed E-state index contributed by atoms with van der Waals surface area (Å²) in [6.07, 6.45) is 8.81. The summed E-state index contributed by atoms with van der Waals surface area (Å²) >= 11 is 0. The molecule has 2 aliphatic rings. The predicted molar refractivity (Wildman–Crippen MR) is 50.3 cm³/mol. The maximum atomic E-state index is 11.0. The molecule has 0 spiro atoms. The zero-order valence-electron chi connectivity index (χ0n) is 8.13. The highest BCUT2D eigenvalue weighted by Crippen LogP contribution is 2.33. The molecule has 1 atom stereocenters. The summed E-state index contributed by atoms with van der Waals surface area (Å²) in [5.74, 6) is 1.34. The molecule has 1 aliphatic heterocycles. The molecular weight excluding hydrogens is 164 g/mol. The Morgan fingerprint density at radius 1 is 1.00 bits per heavy atom. The van der Waals surface area contributed by atoms with E-state index in [4.69, 9.17) is 4.74 Å². The van der Waals surface area contributed by atoms with E-state index >= 15 is 0 Å². The van der Waals surface area contributed by atoms with Gasteiger partial charge >= 0.3 is 5.97 Å². The van der Waals surface area contributed by atoms with Crippen LogP contribution in [0.2, 0.25) is 0 Å². The Bertz CT molecular complexity index is 181. The molecule has 1 saturated carbocycles. The lowest BCUT2D eigenvalue weighted by atomic mass is 9.86. The number of hydrogen-bond acceptors (Lipinski definition) is 2. The largest absolute Gasteiger partial charge is 0.465 e. The van der Waals surface area contributed by atoms with E-state index < -0.39 is 0 Å². The molecule has 1 heterocycles. The van der Waals surface area contributed by atoms with Gasteiger partial charge in [-0.3, -0.25) is 4.79 Å². The Balaban J connectivity index is 1.87. The molecule has 0 bridgehead atoms. The van der Waals surface area contributed by atoms with Gasteiger partial charge in [-0.05, 0) is 5.92 Å². The van der Waals surface area contributed by atoms with Crippen LogP contribution in [0.1, 0.15) is 44.9 Å². The first-order valence-electron chi connectivity index (χ1n) is 5.52. The van der Waals surface area contributed by atoms with Crippen LogP contribution >= 0.6 is 0 Å². The molecule has 0 aromatic carbocycles. The van der Waals surface area contributed by atoms with Crippen LogP contribution in [0.4, 0.5) is 0 Å². The van der Waals surface area contributed by atoms with Gasteiger partial charge in [-0.1, -0.05) is 38.5 Å². The molecular formula is C11H18O2. The smallest absolute Gasteiger partial charge is 0.306 e. The minimum atomic E-state index is 0.0225. The van der Waals surface area contributed by atoms with E-state index in [1.807, 2.05) is 0 Å². The molecule has 1 unspecified atom stereocenters. The molecule has 2 heteroatoms. The topological polar surface area (TPSA) is 26.3 Å². The summed E-state index contributed by atoms with van der Waals surface area (Å²) in [4.78, 5) is 11.0. The number of ether oxygens (including phenoxy) is 1. The molecule has 13 heavy (non-hydrogen) atoms. The van der Waals surface area contributed by atoms with Crippen LogP contribution < -0.4 is 0 Å². The minimum Gasteiger partial charge on any atom is -0.465 e. The molecule has 74 valence electrons. The number of cyclic esters (lactones) is 1. The van der Waals surface area contributed by atoms with Crippen molar-refractivity contribution in [1.29, 1.82) is 0 Å². The number of hydrogen-bond donors (Lipinski definition) is 0. The zero-order valence-corrected chi connectivity index (χ0v) is 8.13. The Morgan fingerprint density at radius 2 is 1.69 bits per heavy atom. The van der Waals surface area contributed by atoms with Crippen molar-refractivity contribution in [3.05, 3.63) is 0 Å². The lowest BCUT2D eigenvalue weighted by Gasteiger charge is -2.18. The third kappa shape index (κ3) is 2.23. The third-order valence-corrected chi connectivity index (χ3v) is 3.45. The van der Waals surface area contributed by atoms with Crippen LogP contribution in [0.15, 0.2) is 0 Å². The monoisotopic (exact) mass is 182 g/mol. The van der Waals surface area contributed by atoms with E-state index in [2.05, 4.69) is 0 Å². The van der Waals surface area contributed by atoms with Gasteiger partial charge in [0.25, 0.3) is 0 Å². The van der Waals surface area contributed by atoms with Crippen molar-refractivity contribution in [2.75, 3.05) is 6.61 Å². The van der Waals surface area contributed by atoms with E-state index in [-0.39, 0.29) is 5.97 Å². The van der Waals surface area contributed by atoms with Crippen molar-refractivity contribution in [3.8, 4) is 0 Å². The molecule has 0 N–H and O–H groups in total. The summed E-state index contributed by atoms with van der Waals surface area (Å²) in [7, 11) is 0. The Kier molecular flexibility index (Phi) is 2.87. The Hall–Kier alpha value is -0.530. The van der Waals surface area contributed by atoms with Crippen LogP contribution in [0.5, 0.6) is 0 Å². The molecule has 2 fully saturated rings. The van der Waals surface area contributed by atoms with Crippen molar-refractivity contribution in [2.45, 2.75) is 44.9 Å². The summed E-state index contributed by atoms with van der Waals surface area (Å²) < 4.78 is 5.02. The first kappa shape index (κ1) is 9.04. The van der Waals surface area contributed by atoms with E-state index in [0.717, 1.165) is 5.92 Å². The fourth-order valence-electron chi connectivity index (χ4n) is 2.62. The molecule has 1 saturated heterocycles. The van der Waals surface area contributed by atoms with E-state index in [0.29, 0.717) is 18.9 Å². The number of carbonyl (C=O) groups is 1. The first-order valence-corrected chi connectivity index (χ1v) is 5.52. The fraction of sp³-hybridized carbons (Fsp3) is 0.909. The molecule has 1 aliphatic carbocycles. The van der Waals surface area contributed by atoms with Crippen LogP contribution in [0, 0.1) is 11.8 Å². The lowest BCUT2D eigenvalue weighted by Crippen LogP contribution is -2.14. The van der Waals surface area contributed by atoms with E-state index in [1.165, 1.54) is 38.5 Å². The van der Waals surface area contributed by atoms with Crippen molar-refractivity contribution in [3.63, 3.8) is 0 Å². The fourth-order valence-corrected chi connectivity index (χ4v) is 2.62. The average molecular weight is 182 g/mol. The van der Waals surface area contributed by atoms with Gasteiger partial charge in [-0.2, -0.15) is 0 Å². The molecule has 0 radical (unpaired) electrons. The molecule has 0 amide bonds. The van der Waals surface area contributed by atoms with Gasteiger partial charge in [0.05, 0.1) is 13.0 Å². The maximum absolute atomic E-state index is 11.0. The van der Waals surface area contributed by atoms with Gasteiger partial charge in [0, 0.05) is 5.92 Å². The SMILES string of the molecule is O=C1CC(C2CCCCCC2)CO1. The second kappa shape index (κ2) is 4.12. The van der Waals surface area contributed by atoms with Crippen LogP contribution in [-0.2, 0) is 9.53 Å². The lowest BCUT2D eigenvalue weighted by molar-refractivity contribution is -0.137. The standard InChI is InChI=1S/C11H18O2/c12-11-7-10(8-13-11)9-5-3-1-2-4-6-9/h9-10H,1-8H2. The molecule has 2 rings (SSSR count). The van der Waals surface area contributed by atoms with E-state index in [1.54, 1.807) is 0 Å². The molecule has 0 aromatic heterocycles. The highest BCUT2D eigenvalue weighted by molar-refractivity contribution is 5.71. The maximum Gasteiger partial charge on any atom is 0.306 e. The van der Waals surface area contributed by atoms with Gasteiger partial charge in [0.2, 0.25) is 0 Å². The van der Waals surface area contributed by atoms with Gasteiger partial charge in [-0.15, -0.1) is 0 Å². The quantitative estimate of drug-likeness (QED) is 0.460. The molecule has 0 aromatic rings. The zero-order chi connectivity index (χ0) is 9.10. The van der Waals surface area contributed by atoms with E-state index in [9.17, 15) is 4.79 Å². The van der Waals surface area contributed by atoms with Crippen molar-refractivity contribution in [1.82, 2.24) is 0 Å². The summed E-state index contributed by atoms with van der Waals surface area (Å²) in [5, 5.41) is 0. The first-order chi connectivity index (χ1) is 6.36. The van der Waals surface area contributed by atoms with Gasteiger partial charge < -0.3 is 4.74 Å². The highest BCUT2D eigenvalue weighted by Gasteiger charge is 2.30. The van der Waals surface area contributed by atoms with Crippen molar-refractivity contribution < 1.29 is 9.53 Å². The van der Waals surface area contributed by atoms with Crippen LogP contribution in [0.3, 0.4) is 0 Å². The number of esters is 1. The Labute approximate surface area is 79.7 Å². The minimum absolute atomic E-state index is 0.0225. The summed E-state index contributed by atoms with van der Waals surface area (Å²) in [6, 6.07) is 0. The highest BCUT2D eigenvalue weighted by atomic mass is 16.5. The second-order valence-electron chi connectivity index (χ2n) is 4.40. The van der Waals surface area contributed by atoms with Crippen molar-refractivity contribution >= 4 is 5.97 Å². The summed E-state index contributed by atoms with van der Waals surface area (Å²) in [5.41, 5.74) is 0. The number of rotatable bonds is 1. The molecule has 2 nitrogen and oxygen atoms in total. The van der Waals surface area contributed by atoms with Crippen LogP contribution in [-0.4, -0.2) is 12.6 Å².